The van der Waals surface area contributed by atoms with E-state index in [2.05, 4.69) is 84.5 Å². The molecule has 0 saturated heterocycles. The lowest BCUT2D eigenvalue weighted by Crippen LogP contribution is -1.89. The van der Waals surface area contributed by atoms with Gasteiger partial charge in [0.2, 0.25) is 0 Å². The number of aromatic nitrogens is 2. The molecule has 2 nitrogen and oxygen atoms in total. The number of hydrogen-bond acceptors (Lipinski definition) is 2. The van der Waals surface area contributed by atoms with Gasteiger partial charge in [-0.1, -0.05) is 71.8 Å². The van der Waals surface area contributed by atoms with E-state index in [-0.39, 0.29) is 0 Å². The molecular formula is C22H20N2. The second-order valence-corrected chi connectivity index (χ2v) is 5.81. The minimum Gasteiger partial charge on any atom is -0.253 e. The maximum absolute atomic E-state index is 4.44. The maximum Gasteiger partial charge on any atom is 0.0886 e. The fraction of sp³-hybridized carbons (Fsp3) is 0.0909. The van der Waals surface area contributed by atoms with Crippen LogP contribution in [0, 0.1) is 13.8 Å². The summed E-state index contributed by atoms with van der Waals surface area (Å²) >= 11 is 0. The van der Waals surface area contributed by atoms with Crippen molar-refractivity contribution in [2.24, 2.45) is 0 Å². The van der Waals surface area contributed by atoms with E-state index in [4.69, 9.17) is 0 Å². The first-order valence-corrected chi connectivity index (χ1v) is 8.01. The maximum atomic E-state index is 4.44. The highest BCUT2D eigenvalue weighted by Gasteiger charge is 1.98. The third-order valence-electron chi connectivity index (χ3n) is 3.78. The Kier molecular flexibility index (Phi) is 4.97. The molecule has 1 heterocycles. The minimum atomic E-state index is 0.862. The van der Waals surface area contributed by atoms with E-state index in [9.17, 15) is 0 Å². The molecule has 1 aromatic heterocycles. The van der Waals surface area contributed by atoms with Crippen molar-refractivity contribution in [3.63, 3.8) is 0 Å². The van der Waals surface area contributed by atoms with Crippen LogP contribution in [-0.4, -0.2) is 9.97 Å². The molecule has 0 amide bonds. The van der Waals surface area contributed by atoms with Crippen molar-refractivity contribution in [3.05, 3.63) is 94.6 Å². The van der Waals surface area contributed by atoms with Crippen LogP contribution in [0.4, 0.5) is 0 Å². The Hall–Kier alpha value is -3.00. The lowest BCUT2D eigenvalue weighted by molar-refractivity contribution is 1.16. The van der Waals surface area contributed by atoms with Gasteiger partial charge < -0.3 is 0 Å². The summed E-state index contributed by atoms with van der Waals surface area (Å²) in [7, 11) is 0. The average Bonchev–Trinajstić information content (AvgIpc) is 2.61. The van der Waals surface area contributed by atoms with Crippen LogP contribution >= 0.6 is 0 Å². The van der Waals surface area contributed by atoms with Crippen molar-refractivity contribution in [2.45, 2.75) is 13.8 Å². The second kappa shape index (κ2) is 7.51. The highest BCUT2D eigenvalue weighted by molar-refractivity contribution is 5.76. The van der Waals surface area contributed by atoms with E-state index >= 15 is 0 Å². The van der Waals surface area contributed by atoms with Crippen LogP contribution in [0.25, 0.3) is 24.3 Å². The van der Waals surface area contributed by atoms with Gasteiger partial charge in [0.1, 0.15) is 0 Å². The largest absolute Gasteiger partial charge is 0.253 e. The van der Waals surface area contributed by atoms with E-state index in [1.54, 1.807) is 12.4 Å². The van der Waals surface area contributed by atoms with Gasteiger partial charge in [0.25, 0.3) is 0 Å². The number of aryl methyl sites for hydroxylation is 2. The van der Waals surface area contributed by atoms with E-state index in [0.717, 1.165) is 22.5 Å². The molecule has 0 radical (unpaired) electrons. The quantitative estimate of drug-likeness (QED) is 0.641. The molecule has 0 aliphatic heterocycles. The highest BCUT2D eigenvalue weighted by atomic mass is 14.8. The van der Waals surface area contributed by atoms with Gasteiger partial charge >= 0.3 is 0 Å². The fourth-order valence-corrected chi connectivity index (χ4v) is 2.32. The number of hydrogen-bond donors (Lipinski definition) is 0. The molecular weight excluding hydrogens is 292 g/mol. The van der Waals surface area contributed by atoms with Gasteiger partial charge in [0, 0.05) is 12.4 Å². The van der Waals surface area contributed by atoms with Crippen LogP contribution in [0.2, 0.25) is 0 Å². The Morgan fingerprint density at radius 3 is 1.29 bits per heavy atom. The zero-order valence-corrected chi connectivity index (χ0v) is 14.0. The van der Waals surface area contributed by atoms with Crippen LogP contribution in [-0.2, 0) is 0 Å². The Morgan fingerprint density at radius 2 is 0.917 bits per heavy atom. The number of rotatable bonds is 4. The molecule has 0 atom stereocenters. The molecule has 118 valence electrons. The van der Waals surface area contributed by atoms with Crippen molar-refractivity contribution in [1.82, 2.24) is 9.97 Å². The first kappa shape index (κ1) is 15.9. The minimum absolute atomic E-state index is 0.862. The van der Waals surface area contributed by atoms with E-state index in [1.807, 2.05) is 12.2 Å². The third-order valence-corrected chi connectivity index (χ3v) is 3.78. The Balaban J connectivity index is 1.82. The van der Waals surface area contributed by atoms with Gasteiger partial charge in [-0.15, -0.1) is 0 Å². The summed E-state index contributed by atoms with van der Waals surface area (Å²) in [6.07, 6.45) is 11.6. The van der Waals surface area contributed by atoms with E-state index in [0.29, 0.717) is 0 Å². The predicted octanol–water partition coefficient (Wildman–Crippen LogP) is 5.43. The van der Waals surface area contributed by atoms with Crippen LogP contribution in [0.15, 0.2) is 60.9 Å². The SMILES string of the molecule is Cc1ccc(/C=C/c2nccnc2/C=C/c2ccc(C)cc2)cc1. The summed E-state index contributed by atoms with van der Waals surface area (Å²) in [6, 6.07) is 16.8. The molecule has 24 heavy (non-hydrogen) atoms. The van der Waals surface area contributed by atoms with E-state index in [1.165, 1.54) is 11.1 Å². The molecule has 2 heteroatoms. The molecule has 0 bridgehead atoms. The second-order valence-electron chi connectivity index (χ2n) is 5.81. The van der Waals surface area contributed by atoms with Crippen LogP contribution < -0.4 is 0 Å². The normalized spacial score (nSPS) is 11.4. The monoisotopic (exact) mass is 312 g/mol. The average molecular weight is 312 g/mol. The molecule has 0 aliphatic carbocycles. The molecule has 0 saturated carbocycles. The molecule has 3 aromatic rings. The predicted molar refractivity (Wildman–Crippen MR) is 102 cm³/mol. The lowest BCUT2D eigenvalue weighted by Gasteiger charge is -2.00. The molecule has 0 N–H and O–H groups in total. The van der Waals surface area contributed by atoms with Gasteiger partial charge in [-0.05, 0) is 37.1 Å². The summed E-state index contributed by atoms with van der Waals surface area (Å²) in [5.74, 6) is 0. The Morgan fingerprint density at radius 1 is 0.542 bits per heavy atom. The van der Waals surface area contributed by atoms with Crippen molar-refractivity contribution in [2.75, 3.05) is 0 Å². The van der Waals surface area contributed by atoms with Gasteiger partial charge in [-0.3, -0.25) is 9.97 Å². The van der Waals surface area contributed by atoms with Crippen LogP contribution in [0.1, 0.15) is 33.6 Å². The zero-order valence-electron chi connectivity index (χ0n) is 14.0. The summed E-state index contributed by atoms with van der Waals surface area (Å²) < 4.78 is 0. The third kappa shape index (κ3) is 4.26. The smallest absolute Gasteiger partial charge is 0.0886 e. The first-order valence-electron chi connectivity index (χ1n) is 8.01. The zero-order chi connectivity index (χ0) is 16.8. The van der Waals surface area contributed by atoms with Gasteiger partial charge in [0.15, 0.2) is 0 Å². The van der Waals surface area contributed by atoms with Crippen molar-refractivity contribution < 1.29 is 0 Å². The standard InChI is InChI=1S/C22H20N2/c1-17-3-7-19(8-4-17)11-13-21-22(24-16-15-23-21)14-12-20-9-5-18(2)6-10-20/h3-16H,1-2H3/b13-11+,14-12+. The van der Waals surface area contributed by atoms with Crippen molar-refractivity contribution >= 4 is 24.3 Å². The lowest BCUT2D eigenvalue weighted by atomic mass is 10.1. The highest BCUT2D eigenvalue weighted by Crippen LogP contribution is 2.13. The van der Waals surface area contributed by atoms with Gasteiger partial charge in [-0.2, -0.15) is 0 Å². The van der Waals surface area contributed by atoms with Gasteiger partial charge in [0.05, 0.1) is 11.4 Å². The summed E-state index contributed by atoms with van der Waals surface area (Å²) in [5.41, 5.74) is 6.55. The van der Waals surface area contributed by atoms with Crippen molar-refractivity contribution in [3.8, 4) is 0 Å². The fourth-order valence-electron chi connectivity index (χ4n) is 2.32. The van der Waals surface area contributed by atoms with Crippen LogP contribution in [0.3, 0.4) is 0 Å². The summed E-state index contributed by atoms with van der Waals surface area (Å²) in [4.78, 5) is 8.87. The molecule has 0 aliphatic rings. The Labute approximate surface area is 143 Å². The van der Waals surface area contributed by atoms with Crippen LogP contribution in [0.5, 0.6) is 0 Å². The molecule has 3 rings (SSSR count). The number of benzene rings is 2. The Bertz CT molecular complexity index is 783. The molecule has 0 fully saturated rings. The molecule has 2 aromatic carbocycles. The summed E-state index contributed by atoms with van der Waals surface area (Å²) in [6.45, 7) is 4.17. The molecule has 0 spiro atoms. The van der Waals surface area contributed by atoms with Gasteiger partial charge in [-0.25, -0.2) is 0 Å². The topological polar surface area (TPSA) is 25.8 Å². The van der Waals surface area contributed by atoms with Crippen molar-refractivity contribution in [1.29, 1.82) is 0 Å². The first-order chi connectivity index (χ1) is 11.7. The van der Waals surface area contributed by atoms with E-state index < -0.39 is 0 Å². The molecule has 0 unspecified atom stereocenters. The number of nitrogens with zero attached hydrogens (tertiary/aromatic N) is 2. The summed E-state index contributed by atoms with van der Waals surface area (Å²) in [5, 5.41) is 0.